The number of carbonyl (C=O) groups excluding carboxylic acids is 1. The maximum absolute atomic E-state index is 12.1. The van der Waals surface area contributed by atoms with E-state index in [1.807, 2.05) is 42.5 Å². The van der Waals surface area contributed by atoms with Gasteiger partial charge in [-0.3, -0.25) is 4.79 Å². The van der Waals surface area contributed by atoms with Gasteiger partial charge in [0.15, 0.2) is 0 Å². The zero-order valence-corrected chi connectivity index (χ0v) is 15.9. The number of hydrogen-bond acceptors (Lipinski definition) is 3. The normalized spacial score (nSPS) is 15.8. The summed E-state index contributed by atoms with van der Waals surface area (Å²) in [5, 5.41) is 8.09. The predicted molar refractivity (Wildman–Crippen MR) is 109 cm³/mol. The molecule has 0 aromatic heterocycles. The average molecular weight is 368 g/mol. The average Bonchev–Trinajstić information content (AvgIpc) is 2.94. The highest BCUT2D eigenvalue weighted by Crippen LogP contribution is 2.23. The number of rotatable bonds is 4. The maximum Gasteiger partial charge on any atom is 0.273 e. The Balaban J connectivity index is 1.74. The van der Waals surface area contributed by atoms with Gasteiger partial charge in [0.05, 0.1) is 17.8 Å². The quantitative estimate of drug-likeness (QED) is 0.775. The smallest absolute Gasteiger partial charge is 0.273 e. The molecule has 0 unspecified atom stereocenters. The lowest BCUT2D eigenvalue weighted by Gasteiger charge is -2.18. The third-order valence-corrected chi connectivity index (χ3v) is 4.49. The number of hydrazone groups is 1. The second kappa shape index (κ2) is 7.34. The van der Waals surface area contributed by atoms with Gasteiger partial charge in [0.1, 0.15) is 0 Å². The topological polar surface area (TPSA) is 53.5 Å². The molecule has 2 N–H and O–H groups in total. The summed E-state index contributed by atoms with van der Waals surface area (Å²) in [6, 6.07) is 15.7. The van der Waals surface area contributed by atoms with Gasteiger partial charge in [-0.2, -0.15) is 5.10 Å². The minimum absolute atomic E-state index is 0.103. The monoisotopic (exact) mass is 367 g/mol. The van der Waals surface area contributed by atoms with Crippen molar-refractivity contribution >= 4 is 35.0 Å². The molecule has 0 saturated carbocycles. The van der Waals surface area contributed by atoms with Gasteiger partial charge in [-0.05, 0) is 46.9 Å². The molecule has 4 nitrogen and oxygen atoms in total. The Kier molecular flexibility index (Phi) is 5.14. The third kappa shape index (κ3) is 4.33. The summed E-state index contributed by atoms with van der Waals surface area (Å²) < 4.78 is 0. The number of nitrogens with zero attached hydrogens (tertiary/aromatic N) is 1. The van der Waals surface area contributed by atoms with Crippen molar-refractivity contribution in [3.05, 3.63) is 70.3 Å². The molecule has 5 heteroatoms. The molecule has 134 valence electrons. The Morgan fingerprint density at radius 1 is 1.08 bits per heavy atom. The standard InChI is InChI=1S/C21H22ClN3O/c1-21(2,3)15-6-4-14(5-7-15)12-18-19(24-25-20(18)26)13-23-17-10-8-16(22)9-11-17/h4-12,23H,13H2,1-3H3,(H,25,26). The Labute approximate surface area is 159 Å². The Morgan fingerprint density at radius 2 is 1.73 bits per heavy atom. The first-order chi connectivity index (χ1) is 12.3. The van der Waals surface area contributed by atoms with Crippen molar-refractivity contribution in [2.24, 2.45) is 5.10 Å². The van der Waals surface area contributed by atoms with Crippen molar-refractivity contribution in [3.63, 3.8) is 0 Å². The number of hydrogen-bond donors (Lipinski definition) is 2. The number of halogens is 1. The second-order valence-corrected chi connectivity index (χ2v) is 7.73. The second-order valence-electron chi connectivity index (χ2n) is 7.29. The molecular formula is C21H22ClN3O. The lowest BCUT2D eigenvalue weighted by molar-refractivity contribution is -0.116. The molecule has 26 heavy (non-hydrogen) atoms. The van der Waals surface area contributed by atoms with E-state index in [4.69, 9.17) is 11.6 Å². The van der Waals surface area contributed by atoms with E-state index in [1.165, 1.54) is 5.56 Å². The molecule has 3 rings (SSSR count). The van der Waals surface area contributed by atoms with Crippen molar-refractivity contribution in [2.45, 2.75) is 26.2 Å². The largest absolute Gasteiger partial charge is 0.379 e. The molecular weight excluding hydrogens is 346 g/mol. The number of benzene rings is 2. The molecule has 0 aliphatic carbocycles. The molecule has 1 amide bonds. The van der Waals surface area contributed by atoms with E-state index < -0.39 is 0 Å². The van der Waals surface area contributed by atoms with Crippen LogP contribution in [0.15, 0.2) is 59.2 Å². The van der Waals surface area contributed by atoms with E-state index in [-0.39, 0.29) is 11.3 Å². The summed E-state index contributed by atoms with van der Waals surface area (Å²) >= 11 is 5.90. The highest BCUT2D eigenvalue weighted by molar-refractivity contribution is 6.30. The zero-order chi connectivity index (χ0) is 18.7. The molecule has 1 aliphatic rings. The molecule has 0 spiro atoms. The van der Waals surface area contributed by atoms with Gasteiger partial charge >= 0.3 is 0 Å². The summed E-state index contributed by atoms with van der Waals surface area (Å²) in [4.78, 5) is 12.1. The van der Waals surface area contributed by atoms with Crippen LogP contribution < -0.4 is 10.7 Å². The van der Waals surface area contributed by atoms with Crippen molar-refractivity contribution in [1.29, 1.82) is 0 Å². The van der Waals surface area contributed by atoms with Gasteiger partial charge in [0, 0.05) is 10.7 Å². The molecule has 1 heterocycles. The fourth-order valence-electron chi connectivity index (χ4n) is 2.65. The Hall–Kier alpha value is -2.59. The first-order valence-electron chi connectivity index (χ1n) is 8.52. The van der Waals surface area contributed by atoms with Crippen LogP contribution in [0, 0.1) is 0 Å². The number of anilines is 1. The van der Waals surface area contributed by atoms with Gasteiger partial charge in [0.25, 0.3) is 5.91 Å². The number of amides is 1. The van der Waals surface area contributed by atoms with Crippen LogP contribution in [0.1, 0.15) is 31.9 Å². The van der Waals surface area contributed by atoms with Crippen LogP contribution in [0.2, 0.25) is 5.02 Å². The third-order valence-electron chi connectivity index (χ3n) is 4.24. The van der Waals surface area contributed by atoms with E-state index in [0.29, 0.717) is 22.9 Å². The van der Waals surface area contributed by atoms with Crippen LogP contribution in [0.5, 0.6) is 0 Å². The van der Waals surface area contributed by atoms with Crippen LogP contribution in [-0.4, -0.2) is 18.2 Å². The van der Waals surface area contributed by atoms with Gasteiger partial charge in [0.2, 0.25) is 0 Å². The van der Waals surface area contributed by atoms with Crippen LogP contribution in [-0.2, 0) is 10.2 Å². The van der Waals surface area contributed by atoms with Gasteiger partial charge < -0.3 is 5.32 Å². The Bertz CT molecular complexity index is 860. The van der Waals surface area contributed by atoms with Gasteiger partial charge in [-0.25, -0.2) is 5.43 Å². The summed E-state index contributed by atoms with van der Waals surface area (Å²) in [5.74, 6) is -0.183. The Morgan fingerprint density at radius 3 is 2.35 bits per heavy atom. The van der Waals surface area contributed by atoms with Crippen LogP contribution in [0.4, 0.5) is 5.69 Å². The molecule has 0 atom stereocenters. The zero-order valence-electron chi connectivity index (χ0n) is 15.1. The first-order valence-corrected chi connectivity index (χ1v) is 8.90. The summed E-state index contributed by atoms with van der Waals surface area (Å²) in [6.45, 7) is 6.99. The van der Waals surface area contributed by atoms with Crippen LogP contribution in [0.25, 0.3) is 6.08 Å². The van der Waals surface area contributed by atoms with E-state index in [0.717, 1.165) is 11.3 Å². The van der Waals surface area contributed by atoms with Crippen LogP contribution in [0.3, 0.4) is 0 Å². The van der Waals surface area contributed by atoms with Crippen molar-refractivity contribution in [1.82, 2.24) is 5.43 Å². The summed E-state index contributed by atoms with van der Waals surface area (Å²) in [5.41, 5.74) is 7.06. The van der Waals surface area contributed by atoms with Crippen molar-refractivity contribution in [2.75, 3.05) is 11.9 Å². The van der Waals surface area contributed by atoms with E-state index in [9.17, 15) is 4.79 Å². The predicted octanol–water partition coefficient (Wildman–Crippen LogP) is 4.62. The van der Waals surface area contributed by atoms with Crippen molar-refractivity contribution < 1.29 is 4.79 Å². The number of nitrogens with one attached hydrogen (secondary N) is 2. The molecule has 2 aromatic rings. The molecule has 0 fully saturated rings. The minimum atomic E-state index is -0.183. The highest BCUT2D eigenvalue weighted by Gasteiger charge is 2.22. The molecule has 1 aliphatic heterocycles. The molecule has 0 radical (unpaired) electrons. The number of carbonyl (C=O) groups is 1. The molecule has 0 bridgehead atoms. The molecule has 0 saturated heterocycles. The fourth-order valence-corrected chi connectivity index (χ4v) is 2.78. The SMILES string of the molecule is CC(C)(C)c1ccc(C=C2C(=O)NN=C2CNc2ccc(Cl)cc2)cc1. The van der Waals surface area contributed by atoms with Crippen molar-refractivity contribution in [3.8, 4) is 0 Å². The molecule has 2 aromatic carbocycles. The first kappa shape index (κ1) is 18.2. The lowest BCUT2D eigenvalue weighted by atomic mass is 9.86. The fraction of sp³-hybridized carbons (Fsp3) is 0.238. The van der Waals surface area contributed by atoms with Gasteiger partial charge in [-0.15, -0.1) is 0 Å². The summed E-state index contributed by atoms with van der Waals surface area (Å²) in [7, 11) is 0. The van der Waals surface area contributed by atoms with Crippen LogP contribution >= 0.6 is 11.6 Å². The highest BCUT2D eigenvalue weighted by atomic mass is 35.5. The van der Waals surface area contributed by atoms with Gasteiger partial charge in [-0.1, -0.05) is 56.6 Å². The van der Waals surface area contributed by atoms with E-state index in [2.05, 4.69) is 48.7 Å². The van der Waals surface area contributed by atoms with E-state index in [1.54, 1.807) is 0 Å². The minimum Gasteiger partial charge on any atom is -0.379 e. The summed E-state index contributed by atoms with van der Waals surface area (Å²) in [6.07, 6.45) is 1.87. The van der Waals surface area contributed by atoms with E-state index >= 15 is 0 Å². The maximum atomic E-state index is 12.1. The lowest BCUT2D eigenvalue weighted by Crippen LogP contribution is -2.17.